The lowest BCUT2D eigenvalue weighted by Gasteiger charge is -2.13. The summed E-state index contributed by atoms with van der Waals surface area (Å²) in [5, 5.41) is 1.20. The third kappa shape index (κ3) is 5.24. The molecule has 0 unspecified atom stereocenters. The third-order valence-electron chi connectivity index (χ3n) is 5.63. The fourth-order valence-corrected chi connectivity index (χ4v) is 5.81. The molecule has 0 N–H and O–H groups in total. The van der Waals surface area contributed by atoms with E-state index in [0.29, 0.717) is 22.9 Å². The molecule has 0 aromatic heterocycles. The number of carbonyl (C=O) groups excluding carboxylic acids is 2. The predicted octanol–water partition coefficient (Wildman–Crippen LogP) is 6.64. The molecule has 1 aliphatic rings. The molecule has 37 heavy (non-hydrogen) atoms. The molecule has 10 heteroatoms. The van der Waals surface area contributed by atoms with E-state index in [-0.39, 0.29) is 27.1 Å². The molecule has 4 aromatic carbocycles. The highest BCUT2D eigenvalue weighted by molar-refractivity contribution is 8.18. The van der Waals surface area contributed by atoms with Gasteiger partial charge in [0.25, 0.3) is 11.1 Å². The van der Waals surface area contributed by atoms with Gasteiger partial charge in [-0.2, -0.15) is 8.42 Å². The first kappa shape index (κ1) is 25.0. The van der Waals surface area contributed by atoms with Crippen LogP contribution in [-0.2, 0) is 21.5 Å². The van der Waals surface area contributed by atoms with Crippen molar-refractivity contribution in [3.63, 3.8) is 0 Å². The molecule has 2 amide bonds. The number of thioether (sulfide) groups is 1. The molecule has 1 heterocycles. The maximum Gasteiger partial charge on any atom is 0.339 e. The van der Waals surface area contributed by atoms with Gasteiger partial charge < -0.3 is 4.18 Å². The van der Waals surface area contributed by atoms with Gasteiger partial charge in [-0.05, 0) is 64.5 Å². The Morgan fingerprint density at radius 3 is 2.43 bits per heavy atom. The Labute approximate surface area is 221 Å². The van der Waals surface area contributed by atoms with Gasteiger partial charge in [-0.15, -0.1) is 0 Å². The van der Waals surface area contributed by atoms with Crippen LogP contribution < -0.4 is 4.18 Å². The number of para-hydroxylation sites is 1. The van der Waals surface area contributed by atoms with E-state index in [4.69, 9.17) is 15.8 Å². The zero-order valence-corrected chi connectivity index (χ0v) is 21.3. The molecule has 0 radical (unpaired) electrons. The summed E-state index contributed by atoms with van der Waals surface area (Å²) in [6.45, 7) is -0.129. The van der Waals surface area contributed by atoms with E-state index < -0.39 is 27.1 Å². The van der Waals surface area contributed by atoms with Gasteiger partial charge in [-0.3, -0.25) is 14.5 Å². The van der Waals surface area contributed by atoms with Crippen molar-refractivity contribution < 1.29 is 26.6 Å². The number of hydrogen-bond donors (Lipinski definition) is 0. The SMILES string of the molecule is O=C1S/C(=C\c2ccccc2OS(=O)(=O)c2ccc3ccccc3c2)C(=O)N1Cc1ccc(F)cc1Cl. The van der Waals surface area contributed by atoms with E-state index in [1.807, 2.05) is 18.2 Å². The minimum Gasteiger partial charge on any atom is -0.378 e. The Bertz CT molecular complexity index is 1700. The van der Waals surface area contributed by atoms with Crippen LogP contribution in [0.2, 0.25) is 5.02 Å². The topological polar surface area (TPSA) is 80.8 Å². The largest absolute Gasteiger partial charge is 0.378 e. The molecule has 1 aliphatic heterocycles. The van der Waals surface area contributed by atoms with Crippen molar-refractivity contribution in [2.45, 2.75) is 11.4 Å². The van der Waals surface area contributed by atoms with Crippen LogP contribution in [0, 0.1) is 5.82 Å². The standard InChI is InChI=1S/C27H17ClFNO5S2/c28-23-15-21(29)11-9-20(23)16-30-26(31)25(36-27(30)32)14-19-7-3-4-8-24(19)35-37(33,34)22-12-10-17-5-1-2-6-18(17)13-22/h1-15H,16H2/b25-14-. The first-order chi connectivity index (χ1) is 17.7. The van der Waals surface area contributed by atoms with Gasteiger partial charge in [0.2, 0.25) is 0 Å². The van der Waals surface area contributed by atoms with Crippen LogP contribution in [-0.4, -0.2) is 24.5 Å². The average Bonchev–Trinajstić information content (AvgIpc) is 3.13. The Hall–Kier alpha value is -3.66. The van der Waals surface area contributed by atoms with E-state index in [1.54, 1.807) is 30.3 Å². The Morgan fingerprint density at radius 1 is 0.919 bits per heavy atom. The minimum atomic E-state index is -4.19. The summed E-state index contributed by atoms with van der Waals surface area (Å²) >= 11 is 6.76. The molecule has 0 atom stereocenters. The minimum absolute atomic E-state index is 0.00374. The number of imide groups is 1. The highest BCUT2D eigenvalue weighted by Gasteiger charge is 2.35. The van der Waals surface area contributed by atoms with Crippen LogP contribution in [0.4, 0.5) is 9.18 Å². The van der Waals surface area contributed by atoms with Crippen LogP contribution in [0.5, 0.6) is 5.75 Å². The molecule has 6 nitrogen and oxygen atoms in total. The number of rotatable bonds is 6. The van der Waals surface area contributed by atoms with Crippen LogP contribution in [0.25, 0.3) is 16.8 Å². The number of fused-ring (bicyclic) bond motifs is 1. The quantitative estimate of drug-likeness (QED) is 0.197. The lowest BCUT2D eigenvalue weighted by atomic mass is 10.1. The monoisotopic (exact) mass is 553 g/mol. The fourth-order valence-electron chi connectivity index (χ4n) is 3.76. The molecule has 186 valence electrons. The second-order valence-electron chi connectivity index (χ2n) is 8.09. The number of nitrogens with zero attached hydrogens (tertiary/aromatic N) is 1. The van der Waals surface area contributed by atoms with E-state index in [9.17, 15) is 22.4 Å². The van der Waals surface area contributed by atoms with Gasteiger partial charge in [-0.25, -0.2) is 4.39 Å². The zero-order chi connectivity index (χ0) is 26.2. The van der Waals surface area contributed by atoms with Gasteiger partial charge in [0.05, 0.1) is 11.4 Å². The lowest BCUT2D eigenvalue weighted by Crippen LogP contribution is -2.27. The summed E-state index contributed by atoms with van der Waals surface area (Å²) in [4.78, 5) is 26.6. The molecule has 0 aliphatic carbocycles. The van der Waals surface area contributed by atoms with Crippen LogP contribution >= 0.6 is 23.4 Å². The lowest BCUT2D eigenvalue weighted by molar-refractivity contribution is -0.123. The number of carbonyl (C=O) groups is 2. The number of halogens is 2. The van der Waals surface area contributed by atoms with Crippen molar-refractivity contribution >= 4 is 61.5 Å². The van der Waals surface area contributed by atoms with E-state index in [1.165, 1.54) is 36.4 Å². The molecular formula is C27H17ClFNO5S2. The third-order valence-corrected chi connectivity index (χ3v) is 8.12. The van der Waals surface area contributed by atoms with Crippen LogP contribution in [0.1, 0.15) is 11.1 Å². The maximum absolute atomic E-state index is 13.4. The maximum atomic E-state index is 13.4. The van der Waals surface area contributed by atoms with Gasteiger partial charge in [0, 0.05) is 10.6 Å². The number of benzene rings is 4. The highest BCUT2D eigenvalue weighted by atomic mass is 35.5. The molecule has 0 bridgehead atoms. The molecule has 0 saturated carbocycles. The fraction of sp³-hybridized carbons (Fsp3) is 0.0370. The molecular weight excluding hydrogens is 537 g/mol. The highest BCUT2D eigenvalue weighted by Crippen LogP contribution is 2.36. The molecule has 4 aromatic rings. The van der Waals surface area contributed by atoms with Crippen molar-refractivity contribution in [1.29, 1.82) is 0 Å². The molecule has 1 fully saturated rings. The van der Waals surface area contributed by atoms with Crippen LogP contribution in [0.15, 0.2) is 94.7 Å². The van der Waals surface area contributed by atoms with Crippen molar-refractivity contribution in [3.8, 4) is 5.75 Å². The summed E-state index contributed by atoms with van der Waals surface area (Å²) in [7, 11) is -4.19. The second kappa shape index (κ2) is 10.0. The first-order valence-electron chi connectivity index (χ1n) is 10.9. The van der Waals surface area contributed by atoms with Crippen molar-refractivity contribution in [3.05, 3.63) is 112 Å². The average molecular weight is 554 g/mol. The van der Waals surface area contributed by atoms with Crippen molar-refractivity contribution in [2.24, 2.45) is 0 Å². The normalized spacial score (nSPS) is 15.1. The Morgan fingerprint density at radius 2 is 1.65 bits per heavy atom. The van der Waals surface area contributed by atoms with Gasteiger partial charge >= 0.3 is 10.1 Å². The number of hydrogen-bond acceptors (Lipinski definition) is 6. The molecule has 0 spiro atoms. The van der Waals surface area contributed by atoms with Crippen LogP contribution in [0.3, 0.4) is 0 Å². The van der Waals surface area contributed by atoms with E-state index in [0.717, 1.165) is 21.7 Å². The zero-order valence-electron chi connectivity index (χ0n) is 18.9. The number of amides is 2. The smallest absolute Gasteiger partial charge is 0.339 e. The first-order valence-corrected chi connectivity index (χ1v) is 13.5. The summed E-state index contributed by atoms with van der Waals surface area (Å²) in [5.41, 5.74) is 0.717. The van der Waals surface area contributed by atoms with Gasteiger partial charge in [0.1, 0.15) is 16.5 Å². The van der Waals surface area contributed by atoms with Gasteiger partial charge in [0.15, 0.2) is 0 Å². The Balaban J connectivity index is 1.41. The summed E-state index contributed by atoms with van der Waals surface area (Å²) in [5.74, 6) is -1.11. The van der Waals surface area contributed by atoms with Gasteiger partial charge in [-0.1, -0.05) is 66.2 Å². The van der Waals surface area contributed by atoms with E-state index in [2.05, 4.69) is 0 Å². The summed E-state index contributed by atoms with van der Waals surface area (Å²) in [6, 6.07) is 22.0. The van der Waals surface area contributed by atoms with Crippen molar-refractivity contribution in [2.75, 3.05) is 0 Å². The Kier molecular flexibility index (Phi) is 6.76. The van der Waals surface area contributed by atoms with Crippen molar-refractivity contribution in [1.82, 2.24) is 4.90 Å². The summed E-state index contributed by atoms with van der Waals surface area (Å²) in [6.07, 6.45) is 1.41. The molecule has 5 rings (SSSR count). The molecule has 1 saturated heterocycles. The van der Waals surface area contributed by atoms with E-state index >= 15 is 0 Å². The summed E-state index contributed by atoms with van der Waals surface area (Å²) < 4.78 is 44.9. The predicted molar refractivity (Wildman–Crippen MR) is 141 cm³/mol. The second-order valence-corrected chi connectivity index (χ2v) is 11.0.